The molecule has 0 spiro atoms. The van der Waals surface area contributed by atoms with Gasteiger partial charge in [-0.25, -0.2) is 0 Å². The van der Waals surface area contributed by atoms with Crippen LogP contribution >= 0.6 is 0 Å². The second-order valence-corrected chi connectivity index (χ2v) is 9.36. The van der Waals surface area contributed by atoms with Gasteiger partial charge < -0.3 is 14.9 Å². The Balaban J connectivity index is 0.000000687. The van der Waals surface area contributed by atoms with Gasteiger partial charge in [-0.3, -0.25) is 19.4 Å². The number of hydrogen-bond acceptors (Lipinski definition) is 6. The van der Waals surface area contributed by atoms with Gasteiger partial charge in [0.2, 0.25) is 5.91 Å². The average molecular weight is 419 g/mol. The Morgan fingerprint density at radius 2 is 2.07 bits per heavy atom. The molecular weight excluding hydrogens is 384 g/mol. The molecule has 4 aliphatic rings. The minimum absolute atomic E-state index is 0.0913. The third kappa shape index (κ3) is 4.86. The molecule has 166 valence electrons. The molecule has 4 atom stereocenters. The molecule has 2 N–H and O–H groups in total. The lowest BCUT2D eigenvalue weighted by molar-refractivity contribution is -0.123. The summed E-state index contributed by atoms with van der Waals surface area (Å²) in [5.41, 5.74) is 1.09. The molecule has 4 heterocycles. The van der Waals surface area contributed by atoms with E-state index >= 15 is 0 Å². The van der Waals surface area contributed by atoms with Gasteiger partial charge in [-0.1, -0.05) is 11.6 Å². The molecule has 0 radical (unpaired) electrons. The third-order valence-corrected chi connectivity index (χ3v) is 7.20. The topological polar surface area (TPSA) is 98.9 Å². The molecule has 2 bridgehead atoms. The summed E-state index contributed by atoms with van der Waals surface area (Å²) in [5.74, 6) is 3.20. The van der Waals surface area contributed by atoms with Crippen LogP contribution in [0.1, 0.15) is 62.8 Å². The van der Waals surface area contributed by atoms with Crippen LogP contribution in [-0.2, 0) is 16.1 Å². The van der Waals surface area contributed by atoms with Gasteiger partial charge in [0.05, 0.1) is 5.69 Å². The van der Waals surface area contributed by atoms with E-state index in [0.717, 1.165) is 37.0 Å². The van der Waals surface area contributed by atoms with Crippen molar-refractivity contribution < 1.29 is 19.2 Å². The van der Waals surface area contributed by atoms with Gasteiger partial charge in [0, 0.05) is 57.2 Å². The van der Waals surface area contributed by atoms with E-state index in [1.165, 1.54) is 51.6 Å². The zero-order chi connectivity index (χ0) is 21.1. The van der Waals surface area contributed by atoms with Crippen LogP contribution in [0.4, 0.5) is 0 Å². The highest BCUT2D eigenvalue weighted by Gasteiger charge is 2.47. The van der Waals surface area contributed by atoms with Crippen molar-refractivity contribution >= 4 is 12.4 Å². The SMILES string of the molecule is CC(=O)NC[C@H]1[C@H]2C[C@H](CN(Cc3cc(C4CC4)on3)C2)[C@@H]2CCCCN21.O=CO. The zero-order valence-corrected chi connectivity index (χ0v) is 17.8. The van der Waals surface area contributed by atoms with Gasteiger partial charge >= 0.3 is 0 Å². The highest BCUT2D eigenvalue weighted by molar-refractivity contribution is 5.72. The lowest BCUT2D eigenvalue weighted by atomic mass is 9.72. The number of carbonyl (C=O) groups excluding carboxylic acids is 1. The quantitative estimate of drug-likeness (QED) is 0.706. The Morgan fingerprint density at radius 3 is 2.80 bits per heavy atom. The molecule has 0 unspecified atom stereocenters. The summed E-state index contributed by atoms with van der Waals surface area (Å²) in [7, 11) is 0. The number of hydrogen-bond donors (Lipinski definition) is 2. The Morgan fingerprint density at radius 1 is 1.30 bits per heavy atom. The van der Waals surface area contributed by atoms with Crippen molar-refractivity contribution in [1.29, 1.82) is 0 Å². The molecule has 3 aliphatic heterocycles. The van der Waals surface area contributed by atoms with Crippen molar-refractivity contribution in [2.45, 2.75) is 70.0 Å². The molecule has 0 aromatic carbocycles. The van der Waals surface area contributed by atoms with Crippen LogP contribution in [0.25, 0.3) is 0 Å². The molecule has 1 aromatic heterocycles. The van der Waals surface area contributed by atoms with E-state index in [0.29, 0.717) is 23.9 Å². The van der Waals surface area contributed by atoms with E-state index in [-0.39, 0.29) is 12.4 Å². The summed E-state index contributed by atoms with van der Waals surface area (Å²) < 4.78 is 5.56. The summed E-state index contributed by atoms with van der Waals surface area (Å²) in [6, 6.07) is 3.36. The van der Waals surface area contributed by atoms with Crippen LogP contribution in [-0.4, -0.2) is 70.7 Å². The van der Waals surface area contributed by atoms with Crippen molar-refractivity contribution in [1.82, 2.24) is 20.3 Å². The fraction of sp³-hybridized carbons (Fsp3) is 0.773. The predicted octanol–water partition coefficient (Wildman–Crippen LogP) is 2.06. The molecule has 1 aromatic rings. The lowest BCUT2D eigenvalue weighted by Gasteiger charge is -2.56. The smallest absolute Gasteiger partial charge is 0.290 e. The number of amides is 1. The van der Waals surface area contributed by atoms with Gasteiger partial charge in [0.25, 0.3) is 6.47 Å². The highest BCUT2D eigenvalue weighted by atomic mass is 16.5. The Kier molecular flexibility index (Phi) is 6.73. The molecule has 3 saturated heterocycles. The van der Waals surface area contributed by atoms with Crippen molar-refractivity contribution in [3.63, 3.8) is 0 Å². The van der Waals surface area contributed by atoms with Crippen molar-refractivity contribution in [3.8, 4) is 0 Å². The maximum Gasteiger partial charge on any atom is 0.290 e. The number of nitrogens with one attached hydrogen (secondary N) is 1. The second kappa shape index (κ2) is 9.47. The van der Waals surface area contributed by atoms with Crippen molar-refractivity contribution in [3.05, 3.63) is 17.5 Å². The number of aromatic nitrogens is 1. The van der Waals surface area contributed by atoms with Gasteiger partial charge in [0.1, 0.15) is 5.76 Å². The van der Waals surface area contributed by atoms with Gasteiger partial charge in [-0.2, -0.15) is 0 Å². The van der Waals surface area contributed by atoms with E-state index in [2.05, 4.69) is 26.3 Å². The molecule has 1 aliphatic carbocycles. The Hall–Kier alpha value is -1.93. The fourth-order valence-corrected chi connectivity index (χ4v) is 5.86. The minimum atomic E-state index is -0.250. The molecule has 8 heteroatoms. The Bertz CT molecular complexity index is 734. The molecule has 4 fully saturated rings. The van der Waals surface area contributed by atoms with Crippen LogP contribution in [0, 0.1) is 11.8 Å². The highest BCUT2D eigenvalue weighted by Crippen LogP contribution is 2.42. The van der Waals surface area contributed by atoms with E-state index in [1.54, 1.807) is 6.92 Å². The van der Waals surface area contributed by atoms with Gasteiger partial charge in [-0.15, -0.1) is 0 Å². The third-order valence-electron chi connectivity index (χ3n) is 7.20. The van der Waals surface area contributed by atoms with Gasteiger partial charge in [0.15, 0.2) is 0 Å². The van der Waals surface area contributed by atoms with Crippen LogP contribution < -0.4 is 5.32 Å². The number of rotatable bonds is 5. The summed E-state index contributed by atoms with van der Waals surface area (Å²) >= 11 is 0. The zero-order valence-electron chi connectivity index (χ0n) is 17.8. The summed E-state index contributed by atoms with van der Waals surface area (Å²) in [5, 5.41) is 14.3. The monoisotopic (exact) mass is 418 g/mol. The number of fused-ring (bicyclic) bond motifs is 4. The van der Waals surface area contributed by atoms with Crippen molar-refractivity contribution in [2.24, 2.45) is 11.8 Å². The maximum atomic E-state index is 11.5. The molecule has 1 saturated carbocycles. The molecule has 8 nitrogen and oxygen atoms in total. The van der Waals surface area contributed by atoms with E-state index < -0.39 is 0 Å². The first-order chi connectivity index (χ1) is 14.6. The van der Waals surface area contributed by atoms with Gasteiger partial charge in [-0.05, 0) is 50.5 Å². The first-order valence-electron chi connectivity index (χ1n) is 11.3. The van der Waals surface area contributed by atoms with Crippen LogP contribution in [0.2, 0.25) is 0 Å². The second-order valence-electron chi connectivity index (χ2n) is 9.36. The first kappa shape index (κ1) is 21.3. The predicted molar refractivity (Wildman–Crippen MR) is 111 cm³/mol. The normalized spacial score (nSPS) is 31.2. The lowest BCUT2D eigenvalue weighted by Crippen LogP contribution is -2.65. The number of likely N-dealkylation sites (tertiary alicyclic amines) is 1. The number of carboxylic acid groups (broad SMARTS) is 1. The molecular formula is C22H34N4O4. The average Bonchev–Trinajstić information content (AvgIpc) is 3.48. The molecule has 5 rings (SSSR count). The number of piperidine rings is 3. The number of carbonyl (C=O) groups is 2. The van der Waals surface area contributed by atoms with E-state index in [9.17, 15) is 4.79 Å². The molecule has 1 amide bonds. The molecule has 30 heavy (non-hydrogen) atoms. The fourth-order valence-electron chi connectivity index (χ4n) is 5.86. The van der Waals surface area contributed by atoms with E-state index in [4.69, 9.17) is 14.4 Å². The van der Waals surface area contributed by atoms with Crippen LogP contribution in [0.15, 0.2) is 10.6 Å². The largest absolute Gasteiger partial charge is 0.483 e. The summed E-state index contributed by atoms with van der Waals surface area (Å²) in [6.45, 7) is 6.58. The number of nitrogens with zero attached hydrogens (tertiary/aromatic N) is 3. The minimum Gasteiger partial charge on any atom is -0.483 e. The first-order valence-corrected chi connectivity index (χ1v) is 11.3. The van der Waals surface area contributed by atoms with Crippen LogP contribution in [0.5, 0.6) is 0 Å². The van der Waals surface area contributed by atoms with Crippen molar-refractivity contribution in [2.75, 3.05) is 26.2 Å². The standard InChI is InChI=1S/C21H32N4O2.CH2O2/c1-14(26)22-10-20-17-8-16(19-4-2-3-7-25(19)20)11-24(12-17)13-18-9-21(27-23-18)15-5-6-15;2-1-3/h9,15-17,19-20H,2-8,10-13H2,1H3,(H,22,26);1H,(H,2,3)/t16-,17+,19+,20+;/m1./s1. The van der Waals surface area contributed by atoms with E-state index in [1.807, 2.05) is 0 Å². The summed E-state index contributed by atoms with van der Waals surface area (Å²) in [6.07, 6.45) is 7.80. The summed E-state index contributed by atoms with van der Waals surface area (Å²) in [4.78, 5) is 25.2. The Labute approximate surface area is 177 Å². The maximum absolute atomic E-state index is 11.5. The van der Waals surface area contributed by atoms with Crippen LogP contribution in [0.3, 0.4) is 0 Å².